The Morgan fingerprint density at radius 1 is 1.07 bits per heavy atom. The number of furan rings is 1. The number of ether oxygens (including phenoxy) is 1. The van der Waals surface area contributed by atoms with Crippen LogP contribution in [0.2, 0.25) is 0 Å². The lowest BCUT2D eigenvalue weighted by Gasteiger charge is -2.14. The van der Waals surface area contributed by atoms with Crippen LogP contribution in [0.4, 0.5) is 4.79 Å². The highest BCUT2D eigenvalue weighted by Gasteiger charge is 2.35. The van der Waals surface area contributed by atoms with Gasteiger partial charge in [-0.15, -0.1) is 0 Å². The molecule has 1 fully saturated rings. The number of imide groups is 1. The fourth-order valence-electron chi connectivity index (χ4n) is 2.93. The quantitative estimate of drug-likeness (QED) is 0.327. The predicted molar refractivity (Wildman–Crippen MR) is 113 cm³/mol. The molecule has 1 aromatic heterocycles. The highest BCUT2D eigenvalue weighted by atomic mass is 32.2. The molecule has 150 valence electrons. The van der Waals surface area contributed by atoms with Crippen molar-refractivity contribution in [3.05, 3.63) is 94.3 Å². The number of carbonyl (C=O) groups is 3. The SMILES string of the molecule is Cc1ccccc1CN1C(=O)S/C(=C\c2ccc(OC(=O)c3ccco3)cc2)C1=O. The molecule has 2 aromatic carbocycles. The summed E-state index contributed by atoms with van der Waals surface area (Å²) < 4.78 is 10.2. The molecule has 0 spiro atoms. The van der Waals surface area contributed by atoms with Crippen LogP contribution >= 0.6 is 11.8 Å². The van der Waals surface area contributed by atoms with Gasteiger partial charge < -0.3 is 9.15 Å². The number of hydrogen-bond acceptors (Lipinski definition) is 6. The zero-order valence-corrected chi connectivity index (χ0v) is 16.8. The number of esters is 1. The highest BCUT2D eigenvalue weighted by molar-refractivity contribution is 8.18. The normalized spacial score (nSPS) is 15.1. The van der Waals surface area contributed by atoms with E-state index in [2.05, 4.69) is 0 Å². The standard InChI is InChI=1S/C23H17NO5S/c1-15-5-2-3-6-17(15)14-24-21(25)20(30-23(24)27)13-16-8-10-18(11-9-16)29-22(26)19-7-4-12-28-19/h2-13H,14H2,1H3/b20-13-. The molecular formula is C23H17NO5S. The Hall–Kier alpha value is -3.58. The summed E-state index contributed by atoms with van der Waals surface area (Å²) in [5.74, 6) is -0.450. The van der Waals surface area contributed by atoms with Crippen LogP contribution in [0.15, 0.2) is 76.2 Å². The molecule has 1 aliphatic heterocycles. The van der Waals surface area contributed by atoms with Crippen molar-refractivity contribution in [3.63, 3.8) is 0 Å². The van der Waals surface area contributed by atoms with Gasteiger partial charge in [-0.25, -0.2) is 4.79 Å². The van der Waals surface area contributed by atoms with E-state index in [4.69, 9.17) is 9.15 Å². The van der Waals surface area contributed by atoms with Crippen LogP contribution in [0.1, 0.15) is 27.2 Å². The first-order chi connectivity index (χ1) is 14.5. The molecule has 7 heteroatoms. The van der Waals surface area contributed by atoms with E-state index < -0.39 is 5.97 Å². The van der Waals surface area contributed by atoms with Gasteiger partial charge >= 0.3 is 5.97 Å². The first-order valence-electron chi connectivity index (χ1n) is 9.17. The van der Waals surface area contributed by atoms with E-state index in [1.165, 1.54) is 17.2 Å². The van der Waals surface area contributed by atoms with Crippen molar-refractivity contribution in [1.82, 2.24) is 4.90 Å². The van der Waals surface area contributed by atoms with E-state index in [-0.39, 0.29) is 23.5 Å². The van der Waals surface area contributed by atoms with Gasteiger partial charge in [-0.3, -0.25) is 14.5 Å². The minimum Gasteiger partial charge on any atom is -0.457 e. The molecule has 3 aromatic rings. The highest BCUT2D eigenvalue weighted by Crippen LogP contribution is 2.33. The van der Waals surface area contributed by atoms with E-state index in [1.807, 2.05) is 31.2 Å². The second kappa shape index (κ2) is 8.42. The second-order valence-electron chi connectivity index (χ2n) is 6.63. The summed E-state index contributed by atoms with van der Waals surface area (Å²) in [6.45, 7) is 2.20. The van der Waals surface area contributed by atoms with Gasteiger partial charge in [-0.1, -0.05) is 36.4 Å². The van der Waals surface area contributed by atoms with Crippen LogP contribution in [-0.2, 0) is 11.3 Å². The first-order valence-corrected chi connectivity index (χ1v) is 9.98. The van der Waals surface area contributed by atoms with Crippen LogP contribution in [0, 0.1) is 6.92 Å². The lowest BCUT2D eigenvalue weighted by atomic mass is 10.1. The Morgan fingerprint density at radius 2 is 1.83 bits per heavy atom. The molecule has 6 nitrogen and oxygen atoms in total. The smallest absolute Gasteiger partial charge is 0.379 e. The third-order valence-electron chi connectivity index (χ3n) is 4.57. The van der Waals surface area contributed by atoms with Crippen LogP contribution in [-0.4, -0.2) is 22.0 Å². The van der Waals surface area contributed by atoms with Crippen molar-refractivity contribution in [3.8, 4) is 5.75 Å². The summed E-state index contributed by atoms with van der Waals surface area (Å²) in [5.41, 5.74) is 2.68. The number of hydrogen-bond donors (Lipinski definition) is 0. The Kier molecular flexibility index (Phi) is 5.54. The molecule has 1 saturated heterocycles. The summed E-state index contributed by atoms with van der Waals surface area (Å²) in [5, 5.41) is -0.293. The first kappa shape index (κ1) is 19.7. The van der Waals surface area contributed by atoms with Gasteiger partial charge in [-0.2, -0.15) is 0 Å². The zero-order valence-electron chi connectivity index (χ0n) is 16.0. The molecule has 0 aliphatic carbocycles. The van der Waals surface area contributed by atoms with Gasteiger partial charge in [0.25, 0.3) is 11.1 Å². The number of carbonyl (C=O) groups excluding carboxylic acids is 3. The molecule has 2 heterocycles. The maximum Gasteiger partial charge on any atom is 0.379 e. The molecule has 0 radical (unpaired) electrons. The lowest BCUT2D eigenvalue weighted by molar-refractivity contribution is -0.123. The van der Waals surface area contributed by atoms with Crippen molar-refractivity contribution in [2.45, 2.75) is 13.5 Å². The van der Waals surface area contributed by atoms with Gasteiger partial charge in [0.1, 0.15) is 5.75 Å². The average molecular weight is 419 g/mol. The van der Waals surface area contributed by atoms with Crippen molar-refractivity contribution < 1.29 is 23.5 Å². The molecular weight excluding hydrogens is 402 g/mol. The number of benzene rings is 2. The van der Waals surface area contributed by atoms with Crippen molar-refractivity contribution >= 4 is 35.0 Å². The Balaban J connectivity index is 1.45. The van der Waals surface area contributed by atoms with Gasteiger partial charge in [0.05, 0.1) is 17.7 Å². The topological polar surface area (TPSA) is 76.8 Å². The van der Waals surface area contributed by atoms with E-state index in [0.29, 0.717) is 16.2 Å². The molecule has 0 bridgehead atoms. The summed E-state index contributed by atoms with van der Waals surface area (Å²) in [6.07, 6.45) is 3.05. The number of nitrogens with zero attached hydrogens (tertiary/aromatic N) is 1. The second-order valence-corrected chi connectivity index (χ2v) is 7.62. The molecule has 4 rings (SSSR count). The zero-order chi connectivity index (χ0) is 21.1. The van der Waals surface area contributed by atoms with E-state index >= 15 is 0 Å². The van der Waals surface area contributed by atoms with Gasteiger partial charge in [-0.05, 0) is 65.7 Å². The predicted octanol–water partition coefficient (Wildman–Crippen LogP) is 5.04. The maximum atomic E-state index is 12.7. The summed E-state index contributed by atoms with van der Waals surface area (Å²) in [6, 6.07) is 17.4. The summed E-state index contributed by atoms with van der Waals surface area (Å²) >= 11 is 0.916. The van der Waals surface area contributed by atoms with Crippen LogP contribution < -0.4 is 4.74 Å². The molecule has 0 atom stereocenters. The molecule has 0 unspecified atom stereocenters. The van der Waals surface area contributed by atoms with E-state index in [9.17, 15) is 14.4 Å². The molecule has 1 aliphatic rings. The Bertz CT molecular complexity index is 1130. The van der Waals surface area contributed by atoms with Gasteiger partial charge in [0, 0.05) is 0 Å². The minimum absolute atomic E-state index is 0.112. The monoisotopic (exact) mass is 419 g/mol. The molecule has 0 N–H and O–H groups in total. The van der Waals surface area contributed by atoms with E-state index in [0.717, 1.165) is 22.9 Å². The number of rotatable bonds is 5. The van der Waals surface area contributed by atoms with Crippen molar-refractivity contribution in [1.29, 1.82) is 0 Å². The fraction of sp³-hybridized carbons (Fsp3) is 0.0870. The minimum atomic E-state index is -0.593. The molecule has 0 saturated carbocycles. The van der Waals surface area contributed by atoms with Crippen molar-refractivity contribution in [2.24, 2.45) is 0 Å². The summed E-state index contributed by atoms with van der Waals surface area (Å²) in [7, 11) is 0. The van der Waals surface area contributed by atoms with Crippen LogP contribution in [0.25, 0.3) is 6.08 Å². The fourth-order valence-corrected chi connectivity index (χ4v) is 3.77. The molecule has 2 amide bonds. The largest absolute Gasteiger partial charge is 0.457 e. The third-order valence-corrected chi connectivity index (χ3v) is 5.48. The Morgan fingerprint density at radius 3 is 2.53 bits per heavy atom. The summed E-state index contributed by atoms with van der Waals surface area (Å²) in [4.78, 5) is 38.6. The van der Waals surface area contributed by atoms with Gasteiger partial charge in [0.2, 0.25) is 5.76 Å². The van der Waals surface area contributed by atoms with Crippen LogP contribution in [0.5, 0.6) is 5.75 Å². The number of aryl methyl sites for hydroxylation is 1. The third kappa shape index (κ3) is 4.21. The number of amides is 2. The van der Waals surface area contributed by atoms with Crippen LogP contribution in [0.3, 0.4) is 0 Å². The maximum absolute atomic E-state index is 12.7. The lowest BCUT2D eigenvalue weighted by Crippen LogP contribution is -2.27. The van der Waals surface area contributed by atoms with E-state index in [1.54, 1.807) is 36.4 Å². The number of thioether (sulfide) groups is 1. The molecule has 30 heavy (non-hydrogen) atoms. The average Bonchev–Trinajstić information content (AvgIpc) is 3.36. The Labute approximate surface area is 177 Å². The van der Waals surface area contributed by atoms with Crippen molar-refractivity contribution in [2.75, 3.05) is 0 Å². The van der Waals surface area contributed by atoms with Gasteiger partial charge in [0.15, 0.2) is 0 Å².